The normalized spacial score (nSPS) is 11.8. The summed E-state index contributed by atoms with van der Waals surface area (Å²) in [6.07, 6.45) is 0.831. The second kappa shape index (κ2) is 10.6. The Balaban J connectivity index is 1.53. The molecule has 234 valence electrons. The fraction of sp³-hybridized carbons (Fsp3) is 0.135. The second-order valence-corrected chi connectivity index (χ2v) is 11.7. The van der Waals surface area contributed by atoms with Crippen LogP contribution in [0, 0.1) is 0 Å². The molecule has 5 heterocycles. The average molecular weight is 630 g/mol. The van der Waals surface area contributed by atoms with Gasteiger partial charge in [0.05, 0.1) is 16.5 Å². The van der Waals surface area contributed by atoms with E-state index in [9.17, 15) is 0 Å². The van der Waals surface area contributed by atoms with Gasteiger partial charge in [-0.3, -0.25) is 0 Å². The zero-order valence-corrected chi connectivity index (χ0v) is 26.8. The highest BCUT2D eigenvalue weighted by atomic mass is 15.1. The molecule has 0 amide bonds. The number of aromatic nitrogens is 8. The molecule has 48 heavy (non-hydrogen) atoms. The summed E-state index contributed by atoms with van der Waals surface area (Å²) in [4.78, 5) is 38.0. The van der Waals surface area contributed by atoms with Gasteiger partial charge in [0.15, 0.2) is 23.3 Å². The monoisotopic (exact) mass is 629 g/mol. The van der Waals surface area contributed by atoms with E-state index in [4.69, 9.17) is 29.9 Å². The molecule has 11 nitrogen and oxygen atoms in total. The van der Waals surface area contributed by atoms with Crippen molar-refractivity contribution < 1.29 is 0 Å². The van der Waals surface area contributed by atoms with Gasteiger partial charge in [0.25, 0.3) is 0 Å². The molecular formula is C37H31N11. The lowest BCUT2D eigenvalue weighted by Gasteiger charge is -2.06. The van der Waals surface area contributed by atoms with Gasteiger partial charge in [0.2, 0.25) is 0 Å². The average Bonchev–Trinajstić information content (AvgIpc) is 3.86. The fourth-order valence-corrected chi connectivity index (χ4v) is 6.98. The summed E-state index contributed by atoms with van der Waals surface area (Å²) in [7, 11) is 5.72. The number of fused-ring (bicyclic) bond motifs is 20. The third kappa shape index (κ3) is 4.00. The first-order chi connectivity index (χ1) is 23.6. The van der Waals surface area contributed by atoms with E-state index >= 15 is 0 Å². The van der Waals surface area contributed by atoms with E-state index in [2.05, 4.69) is 51.0 Å². The summed E-state index contributed by atoms with van der Waals surface area (Å²) < 4.78 is 0. The maximum Gasteiger partial charge on any atom is 0.166 e. The topological polar surface area (TPSA) is 145 Å². The van der Waals surface area contributed by atoms with Crippen molar-refractivity contribution >= 4 is 61.2 Å². The predicted octanol–water partition coefficient (Wildman–Crippen LogP) is 7.56. The lowest BCUT2D eigenvalue weighted by Crippen LogP contribution is -1.93. The molecule has 0 unspecified atom stereocenters. The highest BCUT2D eigenvalue weighted by Crippen LogP contribution is 2.42. The molecule has 0 saturated heterocycles. The molecule has 0 atom stereocenters. The van der Waals surface area contributed by atoms with Crippen LogP contribution in [0.4, 0.5) is 17.1 Å². The first kappa shape index (κ1) is 27.9. The largest absolute Gasteiger partial charge is 0.388 e. The zero-order valence-electron chi connectivity index (χ0n) is 26.8. The fourth-order valence-electron chi connectivity index (χ4n) is 6.98. The number of aromatic amines is 2. The van der Waals surface area contributed by atoms with Crippen molar-refractivity contribution in [2.75, 3.05) is 37.1 Å². The molecule has 0 fully saturated rings. The predicted molar refractivity (Wildman–Crippen MR) is 194 cm³/mol. The van der Waals surface area contributed by atoms with Gasteiger partial charge in [-0.05, 0) is 30.2 Å². The van der Waals surface area contributed by atoms with Crippen molar-refractivity contribution in [1.29, 1.82) is 0 Å². The molecule has 3 aromatic heterocycles. The molecule has 9 rings (SSSR count). The van der Waals surface area contributed by atoms with E-state index in [1.165, 1.54) is 0 Å². The van der Waals surface area contributed by atoms with E-state index in [0.717, 1.165) is 72.8 Å². The Morgan fingerprint density at radius 2 is 0.938 bits per heavy atom. The molecule has 2 aliphatic heterocycles. The molecule has 0 radical (unpaired) electrons. The van der Waals surface area contributed by atoms with Crippen molar-refractivity contribution in [1.82, 2.24) is 39.9 Å². The highest BCUT2D eigenvalue weighted by molar-refractivity contribution is 6.12. The summed E-state index contributed by atoms with van der Waals surface area (Å²) in [6.45, 7) is 2.15. The number of aryl methyl sites for hydroxylation is 1. The van der Waals surface area contributed by atoms with Crippen molar-refractivity contribution in [2.45, 2.75) is 13.3 Å². The lowest BCUT2D eigenvalue weighted by molar-refractivity contribution is 1.16. The summed E-state index contributed by atoms with van der Waals surface area (Å²) in [5.74, 6) is 2.24. The first-order valence-corrected chi connectivity index (χ1v) is 16.0. The standard InChI is InChI=1S/C37H31N11/c1-5-18-10-6-11-19-26(18)34-41-30(19)43-35-28-21(13-8-16-24(28)39-3)32(45-35)47-37-29-22(14-9-17-25(29)40-4)33(48-37)46-36-27-20(31(42-34)44-36)12-7-15-23(27)38-2/h6-17,38-40H,5H2,1-4H3,(H2,41,42,43,44,45,46,47,48). The van der Waals surface area contributed by atoms with Crippen LogP contribution in [0.5, 0.6) is 0 Å². The molecule has 0 saturated carbocycles. The minimum atomic E-state index is 0.555. The number of rotatable bonds is 4. The lowest BCUT2D eigenvalue weighted by atomic mass is 10.1. The summed E-state index contributed by atoms with van der Waals surface area (Å²) in [5, 5.41) is 13.8. The molecule has 0 aliphatic carbocycles. The van der Waals surface area contributed by atoms with Crippen LogP contribution >= 0.6 is 0 Å². The molecular weight excluding hydrogens is 598 g/mol. The molecule has 7 aromatic rings. The second-order valence-electron chi connectivity index (χ2n) is 11.7. The van der Waals surface area contributed by atoms with E-state index in [-0.39, 0.29) is 0 Å². The Bertz CT molecular complexity index is 2450. The summed E-state index contributed by atoms with van der Waals surface area (Å²) in [6, 6.07) is 24.5. The van der Waals surface area contributed by atoms with Gasteiger partial charge in [0, 0.05) is 65.5 Å². The van der Waals surface area contributed by atoms with Crippen LogP contribution in [0.2, 0.25) is 0 Å². The van der Waals surface area contributed by atoms with Crippen LogP contribution in [-0.2, 0) is 6.42 Å². The zero-order chi connectivity index (χ0) is 32.5. The smallest absolute Gasteiger partial charge is 0.166 e. The van der Waals surface area contributed by atoms with Gasteiger partial charge in [0.1, 0.15) is 22.6 Å². The SMILES string of the molecule is CCc1cccc2c3nc4nc(nc5[nH]c(nc6nc(nc([nH]3)c12)-c1cccc(NC)c1-6)c1cccc(NC)c51)-c1cccc(NC)c1-4. The minimum Gasteiger partial charge on any atom is -0.388 e. The summed E-state index contributed by atoms with van der Waals surface area (Å²) >= 11 is 0. The molecule has 0 spiro atoms. The maximum absolute atomic E-state index is 5.21. The van der Waals surface area contributed by atoms with Gasteiger partial charge in [-0.15, -0.1) is 0 Å². The van der Waals surface area contributed by atoms with Gasteiger partial charge in [-0.2, -0.15) is 0 Å². The number of benzene rings is 4. The van der Waals surface area contributed by atoms with Crippen molar-refractivity contribution in [3.63, 3.8) is 0 Å². The van der Waals surface area contributed by atoms with Crippen molar-refractivity contribution in [2.24, 2.45) is 0 Å². The maximum atomic E-state index is 5.21. The molecule has 4 aromatic carbocycles. The third-order valence-electron chi connectivity index (χ3n) is 9.21. The minimum absolute atomic E-state index is 0.555. The van der Waals surface area contributed by atoms with Gasteiger partial charge < -0.3 is 25.9 Å². The number of hydrogen-bond acceptors (Lipinski definition) is 9. The van der Waals surface area contributed by atoms with Gasteiger partial charge in [-0.25, -0.2) is 29.9 Å². The van der Waals surface area contributed by atoms with Crippen molar-refractivity contribution in [3.8, 4) is 45.6 Å². The van der Waals surface area contributed by atoms with Crippen LogP contribution in [0.1, 0.15) is 12.5 Å². The Morgan fingerprint density at radius 1 is 0.479 bits per heavy atom. The Labute approximate surface area is 275 Å². The summed E-state index contributed by atoms with van der Waals surface area (Å²) in [5.41, 5.74) is 10.1. The molecule has 2 aliphatic rings. The van der Waals surface area contributed by atoms with Gasteiger partial charge in [-0.1, -0.05) is 61.5 Å². The van der Waals surface area contributed by atoms with E-state index in [1.807, 2.05) is 75.7 Å². The first-order valence-electron chi connectivity index (χ1n) is 16.0. The van der Waals surface area contributed by atoms with Crippen LogP contribution in [0.3, 0.4) is 0 Å². The van der Waals surface area contributed by atoms with Crippen molar-refractivity contribution in [3.05, 3.63) is 78.4 Å². The molecule has 11 heteroatoms. The third-order valence-corrected chi connectivity index (χ3v) is 9.21. The number of nitrogens with zero attached hydrogens (tertiary/aromatic N) is 6. The van der Waals surface area contributed by atoms with Gasteiger partial charge >= 0.3 is 0 Å². The van der Waals surface area contributed by atoms with Crippen LogP contribution in [0.15, 0.2) is 72.8 Å². The number of nitrogens with one attached hydrogen (secondary N) is 5. The van der Waals surface area contributed by atoms with E-state index < -0.39 is 0 Å². The Kier molecular flexibility index (Phi) is 6.16. The van der Waals surface area contributed by atoms with E-state index in [1.54, 1.807) is 0 Å². The highest BCUT2D eigenvalue weighted by Gasteiger charge is 2.25. The van der Waals surface area contributed by atoms with E-state index in [0.29, 0.717) is 45.9 Å². The quantitative estimate of drug-likeness (QED) is 0.133. The van der Waals surface area contributed by atoms with Crippen LogP contribution in [0.25, 0.3) is 89.7 Å². The Hall–Kier alpha value is -6.36. The molecule has 8 bridgehead atoms. The number of anilines is 3. The van der Waals surface area contributed by atoms with Crippen LogP contribution in [-0.4, -0.2) is 61.0 Å². The molecule has 5 N–H and O–H groups in total. The Morgan fingerprint density at radius 3 is 1.48 bits per heavy atom. The van der Waals surface area contributed by atoms with Crippen LogP contribution < -0.4 is 16.0 Å². The number of H-pyrrole nitrogens is 2. The number of hydrogen-bond donors (Lipinski definition) is 5.